The summed E-state index contributed by atoms with van der Waals surface area (Å²) in [4.78, 5) is 3.95. The van der Waals surface area contributed by atoms with E-state index >= 15 is 0 Å². The lowest BCUT2D eigenvalue weighted by Crippen LogP contribution is -2.08. The molecule has 0 radical (unpaired) electrons. The van der Waals surface area contributed by atoms with E-state index in [2.05, 4.69) is 4.98 Å². The third-order valence-electron chi connectivity index (χ3n) is 2.86. The molecule has 1 N–H and O–H groups in total. The molecule has 2 aromatic rings. The van der Waals surface area contributed by atoms with Gasteiger partial charge in [-0.05, 0) is 35.7 Å². The van der Waals surface area contributed by atoms with Gasteiger partial charge in [0.15, 0.2) is 0 Å². The van der Waals surface area contributed by atoms with Gasteiger partial charge >= 0.3 is 0 Å². The average Bonchev–Trinajstić information content (AvgIpc) is 2.38. The number of hydrogen-bond donors (Lipinski definition) is 1. The fraction of sp³-hybridized carbons (Fsp3) is 0.214. The molecule has 0 aliphatic carbocycles. The second-order valence-electron chi connectivity index (χ2n) is 4.11. The van der Waals surface area contributed by atoms with Crippen molar-refractivity contribution in [1.29, 1.82) is 0 Å². The van der Waals surface area contributed by atoms with Crippen LogP contribution in [0.3, 0.4) is 0 Å². The predicted octanol–water partition coefficient (Wildman–Crippen LogP) is 3.71. The van der Waals surface area contributed by atoms with Crippen molar-refractivity contribution in [3.8, 4) is 0 Å². The van der Waals surface area contributed by atoms with Crippen LogP contribution in [0.4, 0.5) is 0 Å². The molecular formula is C14H13Cl2NO. The molecule has 1 heterocycles. The maximum absolute atomic E-state index is 9.52. The van der Waals surface area contributed by atoms with E-state index in [0.29, 0.717) is 16.5 Å². The van der Waals surface area contributed by atoms with Crippen LogP contribution in [0.15, 0.2) is 42.7 Å². The average molecular weight is 282 g/mol. The van der Waals surface area contributed by atoms with E-state index in [1.54, 1.807) is 12.4 Å². The summed E-state index contributed by atoms with van der Waals surface area (Å²) in [7, 11) is 0. The molecule has 2 rings (SSSR count). The monoisotopic (exact) mass is 281 g/mol. The third-order valence-corrected chi connectivity index (χ3v) is 3.44. The van der Waals surface area contributed by atoms with Crippen LogP contribution in [-0.2, 0) is 6.42 Å². The van der Waals surface area contributed by atoms with Gasteiger partial charge in [0, 0.05) is 23.3 Å². The van der Waals surface area contributed by atoms with Crippen LogP contribution in [0.25, 0.3) is 0 Å². The van der Waals surface area contributed by atoms with Crippen molar-refractivity contribution in [3.63, 3.8) is 0 Å². The van der Waals surface area contributed by atoms with Crippen LogP contribution in [0.1, 0.15) is 17.0 Å². The lowest BCUT2D eigenvalue weighted by molar-refractivity contribution is 0.264. The molecular weight excluding hydrogens is 269 g/mol. The van der Waals surface area contributed by atoms with Crippen molar-refractivity contribution >= 4 is 23.2 Å². The first kappa shape index (κ1) is 13.3. The maximum Gasteiger partial charge on any atom is 0.0621 e. The molecule has 0 fully saturated rings. The van der Waals surface area contributed by atoms with E-state index in [9.17, 15) is 5.11 Å². The zero-order valence-corrected chi connectivity index (χ0v) is 11.2. The third kappa shape index (κ3) is 3.22. The van der Waals surface area contributed by atoms with E-state index in [4.69, 9.17) is 23.2 Å². The summed E-state index contributed by atoms with van der Waals surface area (Å²) < 4.78 is 0. The Morgan fingerprint density at radius 1 is 1.22 bits per heavy atom. The number of nitrogens with zero attached hydrogens (tertiary/aromatic N) is 1. The van der Waals surface area contributed by atoms with Gasteiger partial charge in [-0.1, -0.05) is 35.3 Å². The van der Waals surface area contributed by atoms with Crippen LogP contribution < -0.4 is 0 Å². The first-order valence-electron chi connectivity index (χ1n) is 5.65. The summed E-state index contributed by atoms with van der Waals surface area (Å²) in [6.07, 6.45) is 3.98. The standard InChI is InChI=1S/C14H13Cl2NO/c15-13-3-1-2-10(7-13)12(9-18)6-11-4-5-17-8-14(11)16/h1-5,7-8,12,18H,6,9H2. The molecule has 1 atom stereocenters. The highest BCUT2D eigenvalue weighted by molar-refractivity contribution is 6.31. The molecule has 1 aromatic carbocycles. The number of rotatable bonds is 4. The van der Waals surface area contributed by atoms with Gasteiger partial charge in [-0.15, -0.1) is 0 Å². The van der Waals surface area contributed by atoms with Crippen LogP contribution >= 0.6 is 23.2 Å². The highest BCUT2D eigenvalue weighted by Crippen LogP contribution is 2.25. The molecule has 0 aliphatic heterocycles. The van der Waals surface area contributed by atoms with Crippen LogP contribution in [0, 0.1) is 0 Å². The van der Waals surface area contributed by atoms with Crippen molar-refractivity contribution in [1.82, 2.24) is 4.98 Å². The van der Waals surface area contributed by atoms with Crippen molar-refractivity contribution in [2.45, 2.75) is 12.3 Å². The van der Waals surface area contributed by atoms with Gasteiger partial charge in [-0.25, -0.2) is 0 Å². The fourth-order valence-electron chi connectivity index (χ4n) is 1.88. The van der Waals surface area contributed by atoms with Gasteiger partial charge in [0.2, 0.25) is 0 Å². The van der Waals surface area contributed by atoms with Gasteiger partial charge in [0.1, 0.15) is 0 Å². The highest BCUT2D eigenvalue weighted by atomic mass is 35.5. The largest absolute Gasteiger partial charge is 0.396 e. The zero-order chi connectivity index (χ0) is 13.0. The Morgan fingerprint density at radius 3 is 2.72 bits per heavy atom. The van der Waals surface area contributed by atoms with E-state index < -0.39 is 0 Å². The summed E-state index contributed by atoms with van der Waals surface area (Å²) in [5.41, 5.74) is 1.99. The van der Waals surface area contributed by atoms with Gasteiger partial charge in [0.05, 0.1) is 11.6 Å². The summed E-state index contributed by atoms with van der Waals surface area (Å²) in [5.74, 6) is -0.0106. The number of pyridine rings is 1. The summed E-state index contributed by atoms with van der Waals surface area (Å²) in [6.45, 7) is 0.0546. The minimum atomic E-state index is -0.0106. The Labute approximate surface area is 116 Å². The Morgan fingerprint density at radius 2 is 2.06 bits per heavy atom. The smallest absolute Gasteiger partial charge is 0.0621 e. The van der Waals surface area contributed by atoms with Crippen molar-refractivity contribution in [2.24, 2.45) is 0 Å². The Kier molecular flexibility index (Phi) is 4.59. The number of halogens is 2. The summed E-state index contributed by atoms with van der Waals surface area (Å²) in [6, 6.07) is 9.41. The fourth-order valence-corrected chi connectivity index (χ4v) is 2.28. The molecule has 2 nitrogen and oxygen atoms in total. The normalized spacial score (nSPS) is 12.4. The number of aliphatic hydroxyl groups excluding tert-OH is 1. The molecule has 0 spiro atoms. The Balaban J connectivity index is 2.23. The quantitative estimate of drug-likeness (QED) is 0.927. The molecule has 0 bridgehead atoms. The first-order chi connectivity index (χ1) is 8.70. The zero-order valence-electron chi connectivity index (χ0n) is 9.68. The molecule has 1 aromatic heterocycles. The van der Waals surface area contributed by atoms with Gasteiger partial charge in [-0.2, -0.15) is 0 Å². The molecule has 0 saturated carbocycles. The molecule has 0 aliphatic rings. The number of aromatic nitrogens is 1. The minimum absolute atomic E-state index is 0.0106. The van der Waals surface area contributed by atoms with E-state index in [-0.39, 0.29) is 12.5 Å². The number of benzene rings is 1. The summed E-state index contributed by atoms with van der Waals surface area (Å²) in [5, 5.41) is 10.8. The van der Waals surface area contributed by atoms with E-state index in [0.717, 1.165) is 11.1 Å². The van der Waals surface area contributed by atoms with Crippen molar-refractivity contribution in [3.05, 3.63) is 63.9 Å². The van der Waals surface area contributed by atoms with Crippen molar-refractivity contribution < 1.29 is 5.11 Å². The molecule has 4 heteroatoms. The molecule has 0 saturated heterocycles. The highest BCUT2D eigenvalue weighted by Gasteiger charge is 2.13. The second kappa shape index (κ2) is 6.19. The maximum atomic E-state index is 9.52. The summed E-state index contributed by atoms with van der Waals surface area (Å²) >= 11 is 12.0. The van der Waals surface area contributed by atoms with Crippen molar-refractivity contribution in [2.75, 3.05) is 6.61 Å². The molecule has 0 amide bonds. The van der Waals surface area contributed by atoms with Crippen LogP contribution in [-0.4, -0.2) is 16.7 Å². The molecule has 1 unspecified atom stereocenters. The second-order valence-corrected chi connectivity index (χ2v) is 4.95. The lowest BCUT2D eigenvalue weighted by atomic mass is 9.93. The SMILES string of the molecule is OCC(Cc1ccncc1Cl)c1cccc(Cl)c1. The van der Waals surface area contributed by atoms with Gasteiger partial charge in [0.25, 0.3) is 0 Å². The predicted molar refractivity (Wildman–Crippen MR) is 74.2 cm³/mol. The van der Waals surface area contributed by atoms with E-state index in [1.807, 2.05) is 30.3 Å². The number of hydrogen-bond acceptors (Lipinski definition) is 2. The lowest BCUT2D eigenvalue weighted by Gasteiger charge is -2.15. The Hall–Kier alpha value is -1.09. The van der Waals surface area contributed by atoms with Crippen LogP contribution in [0.5, 0.6) is 0 Å². The van der Waals surface area contributed by atoms with Gasteiger partial charge < -0.3 is 5.11 Å². The topological polar surface area (TPSA) is 33.1 Å². The molecule has 18 heavy (non-hydrogen) atoms. The molecule has 94 valence electrons. The number of aliphatic hydroxyl groups is 1. The first-order valence-corrected chi connectivity index (χ1v) is 6.41. The minimum Gasteiger partial charge on any atom is -0.396 e. The van der Waals surface area contributed by atoms with Gasteiger partial charge in [-0.3, -0.25) is 4.98 Å². The van der Waals surface area contributed by atoms with Crippen LogP contribution in [0.2, 0.25) is 10.0 Å². The van der Waals surface area contributed by atoms with E-state index in [1.165, 1.54) is 0 Å². The Bertz CT molecular complexity index is 531.